The number of carbonyl (C=O) groups excluding carboxylic acids is 1. The lowest BCUT2D eigenvalue weighted by Crippen LogP contribution is -2.39. The second-order valence-corrected chi connectivity index (χ2v) is 5.91. The summed E-state index contributed by atoms with van der Waals surface area (Å²) in [7, 11) is 0. The van der Waals surface area contributed by atoms with Crippen LogP contribution in [0, 0.1) is 20.8 Å². The molecule has 0 fully saturated rings. The summed E-state index contributed by atoms with van der Waals surface area (Å²) in [6.45, 7) is 4.01. The molecule has 1 aromatic heterocycles. The van der Waals surface area contributed by atoms with E-state index < -0.39 is 18.6 Å². The van der Waals surface area contributed by atoms with Crippen LogP contribution in [0.2, 0.25) is 0 Å². The van der Waals surface area contributed by atoms with Gasteiger partial charge in [-0.05, 0) is 44.0 Å². The molecule has 0 unspecified atom stereocenters. The smallest absolute Gasteiger partial charge is 0.275 e. The Balaban J connectivity index is 2.39. The summed E-state index contributed by atoms with van der Waals surface area (Å²) in [5.74, 6) is -0.699. The van der Waals surface area contributed by atoms with Gasteiger partial charge in [0.1, 0.15) is 6.54 Å². The number of benzene rings is 1. The van der Waals surface area contributed by atoms with Crippen molar-refractivity contribution in [3.8, 4) is 0 Å². The number of aromatic nitrogens is 1. The Hall–Kier alpha value is -1.89. The first-order valence-electron chi connectivity index (χ1n) is 6.55. The molecular formula is C15H15F3N2OS. The second kappa shape index (κ2) is 6.08. The standard InChI is InChI=1S/C15H15F3N2OS/c1-9-4-5-12(6-10(9)2)13(21)20(8-15(16,17)18)14-19-11(3)7-22-14/h4-7H,8H2,1-3H3. The number of carbonyl (C=O) groups is 1. The van der Waals surface area contributed by atoms with E-state index in [-0.39, 0.29) is 10.7 Å². The van der Waals surface area contributed by atoms with Gasteiger partial charge < -0.3 is 0 Å². The van der Waals surface area contributed by atoms with E-state index in [2.05, 4.69) is 4.98 Å². The molecule has 1 aromatic carbocycles. The van der Waals surface area contributed by atoms with Crippen molar-refractivity contribution >= 4 is 22.4 Å². The maximum absolute atomic E-state index is 12.8. The summed E-state index contributed by atoms with van der Waals surface area (Å²) in [6, 6.07) is 4.86. The van der Waals surface area contributed by atoms with Crippen molar-refractivity contribution in [3.63, 3.8) is 0 Å². The molecule has 2 rings (SSSR count). The quantitative estimate of drug-likeness (QED) is 0.843. The van der Waals surface area contributed by atoms with Gasteiger partial charge in [0.15, 0.2) is 5.13 Å². The maximum Gasteiger partial charge on any atom is 0.406 e. The Bertz CT molecular complexity index is 694. The number of anilines is 1. The first kappa shape index (κ1) is 16.5. The number of hydrogen-bond acceptors (Lipinski definition) is 3. The SMILES string of the molecule is Cc1csc(N(CC(F)(F)F)C(=O)c2ccc(C)c(C)c2)n1. The molecule has 0 aliphatic carbocycles. The lowest BCUT2D eigenvalue weighted by atomic mass is 10.1. The first-order valence-corrected chi connectivity index (χ1v) is 7.43. The van der Waals surface area contributed by atoms with Crippen LogP contribution in [0.1, 0.15) is 27.2 Å². The van der Waals surface area contributed by atoms with Crippen LogP contribution >= 0.6 is 11.3 Å². The fourth-order valence-corrected chi connectivity index (χ4v) is 2.70. The summed E-state index contributed by atoms with van der Waals surface area (Å²) >= 11 is 1.02. The van der Waals surface area contributed by atoms with Crippen molar-refractivity contribution in [2.24, 2.45) is 0 Å². The first-order chi connectivity index (χ1) is 10.2. The van der Waals surface area contributed by atoms with Crippen molar-refractivity contribution in [1.29, 1.82) is 0 Å². The maximum atomic E-state index is 12.8. The van der Waals surface area contributed by atoms with Crippen LogP contribution in [-0.2, 0) is 0 Å². The molecule has 3 nitrogen and oxygen atoms in total. The van der Waals surface area contributed by atoms with E-state index in [1.807, 2.05) is 13.8 Å². The molecule has 0 spiro atoms. The highest BCUT2D eigenvalue weighted by Crippen LogP contribution is 2.27. The van der Waals surface area contributed by atoms with Crippen molar-refractivity contribution < 1.29 is 18.0 Å². The molecule has 0 saturated carbocycles. The Morgan fingerprint density at radius 2 is 1.91 bits per heavy atom. The Morgan fingerprint density at radius 3 is 2.41 bits per heavy atom. The molecule has 7 heteroatoms. The second-order valence-electron chi connectivity index (χ2n) is 5.08. The number of rotatable bonds is 3. The molecule has 118 valence electrons. The van der Waals surface area contributed by atoms with Crippen molar-refractivity contribution in [2.75, 3.05) is 11.4 Å². The molecule has 0 saturated heterocycles. The van der Waals surface area contributed by atoms with Crippen molar-refractivity contribution in [1.82, 2.24) is 4.98 Å². The molecule has 0 atom stereocenters. The Labute approximate surface area is 130 Å². The fourth-order valence-electron chi connectivity index (χ4n) is 1.90. The number of halogens is 3. The topological polar surface area (TPSA) is 33.2 Å². The highest BCUT2D eigenvalue weighted by Gasteiger charge is 2.35. The minimum atomic E-state index is -4.49. The van der Waals surface area contributed by atoms with E-state index in [0.717, 1.165) is 22.5 Å². The minimum absolute atomic E-state index is 0.0538. The zero-order valence-electron chi connectivity index (χ0n) is 12.4. The van der Waals surface area contributed by atoms with Crippen LogP contribution in [0.15, 0.2) is 23.6 Å². The third kappa shape index (κ3) is 3.85. The van der Waals surface area contributed by atoms with E-state index in [1.165, 1.54) is 6.07 Å². The highest BCUT2D eigenvalue weighted by molar-refractivity contribution is 7.14. The summed E-state index contributed by atoms with van der Waals surface area (Å²) in [5.41, 5.74) is 2.64. The third-order valence-corrected chi connectivity index (χ3v) is 4.16. The average molecular weight is 328 g/mol. The predicted octanol–water partition coefficient (Wildman–Crippen LogP) is 4.28. The molecule has 0 bridgehead atoms. The number of thiazole rings is 1. The van der Waals surface area contributed by atoms with E-state index >= 15 is 0 Å². The largest absolute Gasteiger partial charge is 0.406 e. The molecule has 0 aliphatic rings. The van der Waals surface area contributed by atoms with Crippen LogP contribution in [-0.4, -0.2) is 23.6 Å². The van der Waals surface area contributed by atoms with E-state index in [0.29, 0.717) is 10.6 Å². The lowest BCUT2D eigenvalue weighted by molar-refractivity contribution is -0.118. The van der Waals surface area contributed by atoms with Crippen LogP contribution in [0.4, 0.5) is 18.3 Å². The Kier molecular flexibility index (Phi) is 4.55. The monoisotopic (exact) mass is 328 g/mol. The number of alkyl halides is 3. The van der Waals surface area contributed by atoms with Crippen LogP contribution < -0.4 is 4.90 Å². The summed E-state index contributed by atoms with van der Waals surface area (Å²) in [5, 5.41) is 1.67. The van der Waals surface area contributed by atoms with Crippen LogP contribution in [0.3, 0.4) is 0 Å². The van der Waals surface area contributed by atoms with Gasteiger partial charge in [-0.1, -0.05) is 6.07 Å². The molecule has 0 aliphatic heterocycles. The van der Waals surface area contributed by atoms with Gasteiger partial charge in [0, 0.05) is 10.9 Å². The van der Waals surface area contributed by atoms with Crippen molar-refractivity contribution in [2.45, 2.75) is 26.9 Å². The molecular weight excluding hydrogens is 313 g/mol. The lowest BCUT2D eigenvalue weighted by Gasteiger charge is -2.21. The van der Waals surface area contributed by atoms with Gasteiger partial charge in [-0.15, -0.1) is 11.3 Å². The zero-order chi connectivity index (χ0) is 16.5. The van der Waals surface area contributed by atoms with E-state index in [1.54, 1.807) is 24.4 Å². The van der Waals surface area contributed by atoms with Crippen LogP contribution in [0.25, 0.3) is 0 Å². The van der Waals surface area contributed by atoms with E-state index in [4.69, 9.17) is 0 Å². The molecule has 2 aromatic rings. The molecule has 0 radical (unpaired) electrons. The molecule has 22 heavy (non-hydrogen) atoms. The Morgan fingerprint density at radius 1 is 1.23 bits per heavy atom. The van der Waals surface area contributed by atoms with Gasteiger partial charge in [-0.25, -0.2) is 4.98 Å². The minimum Gasteiger partial charge on any atom is -0.275 e. The van der Waals surface area contributed by atoms with Gasteiger partial charge in [0.25, 0.3) is 5.91 Å². The summed E-state index contributed by atoms with van der Waals surface area (Å²) in [6.07, 6.45) is -4.49. The molecule has 0 N–H and O–H groups in total. The van der Waals surface area contributed by atoms with Gasteiger partial charge in [-0.2, -0.15) is 13.2 Å². The predicted molar refractivity (Wildman–Crippen MR) is 80.5 cm³/mol. The van der Waals surface area contributed by atoms with Gasteiger partial charge in [0.05, 0.1) is 5.69 Å². The van der Waals surface area contributed by atoms with Crippen molar-refractivity contribution in [3.05, 3.63) is 46.0 Å². The normalized spacial score (nSPS) is 11.5. The van der Waals surface area contributed by atoms with E-state index in [9.17, 15) is 18.0 Å². The zero-order valence-corrected chi connectivity index (χ0v) is 13.2. The number of hydrogen-bond donors (Lipinski definition) is 0. The third-order valence-electron chi connectivity index (χ3n) is 3.17. The summed E-state index contributed by atoms with van der Waals surface area (Å²) < 4.78 is 38.4. The summed E-state index contributed by atoms with van der Waals surface area (Å²) in [4.78, 5) is 17.2. The average Bonchev–Trinajstić information content (AvgIpc) is 2.84. The molecule has 1 amide bonds. The highest BCUT2D eigenvalue weighted by atomic mass is 32.1. The van der Waals surface area contributed by atoms with Gasteiger partial charge >= 0.3 is 6.18 Å². The number of amides is 1. The fraction of sp³-hybridized carbons (Fsp3) is 0.333. The number of aryl methyl sites for hydroxylation is 3. The van der Waals surface area contributed by atoms with Gasteiger partial charge in [-0.3, -0.25) is 9.69 Å². The molecule has 1 heterocycles. The number of nitrogens with zero attached hydrogens (tertiary/aromatic N) is 2. The van der Waals surface area contributed by atoms with Crippen LogP contribution in [0.5, 0.6) is 0 Å². The van der Waals surface area contributed by atoms with Gasteiger partial charge in [0.2, 0.25) is 0 Å².